The Labute approximate surface area is 111 Å². The van der Waals surface area contributed by atoms with Gasteiger partial charge in [-0.15, -0.1) is 10.2 Å². The van der Waals surface area contributed by atoms with Crippen molar-refractivity contribution < 1.29 is 17.2 Å². The summed E-state index contributed by atoms with van der Waals surface area (Å²) in [5, 5.41) is 6.79. The van der Waals surface area contributed by atoms with Crippen LogP contribution in [0.5, 0.6) is 0 Å². The second-order valence-electron chi connectivity index (χ2n) is 3.48. The van der Waals surface area contributed by atoms with Crippen molar-refractivity contribution in [2.24, 2.45) is 0 Å². The fourth-order valence-electron chi connectivity index (χ4n) is 1.22. The minimum Gasteiger partial charge on any atom is -0.374 e. The zero-order valence-electron chi connectivity index (χ0n) is 9.30. The Morgan fingerprint density at radius 2 is 2.00 bits per heavy atom. The number of sulfonamides is 1. The van der Waals surface area contributed by atoms with Crippen molar-refractivity contribution in [2.75, 3.05) is 5.73 Å². The van der Waals surface area contributed by atoms with Crippen molar-refractivity contribution >= 4 is 26.5 Å². The van der Waals surface area contributed by atoms with Gasteiger partial charge in [0.05, 0.1) is 0 Å². The summed E-state index contributed by atoms with van der Waals surface area (Å²) in [4.78, 5) is 0. The van der Waals surface area contributed by atoms with E-state index >= 15 is 0 Å². The van der Waals surface area contributed by atoms with Crippen molar-refractivity contribution in [1.29, 1.82) is 0 Å². The predicted octanol–water partition coefficient (Wildman–Crippen LogP) is 0.877. The van der Waals surface area contributed by atoms with E-state index in [4.69, 9.17) is 5.73 Å². The lowest BCUT2D eigenvalue weighted by Crippen LogP contribution is -2.23. The number of aromatic nitrogens is 2. The molecule has 0 amide bonds. The highest BCUT2D eigenvalue weighted by molar-refractivity contribution is 7.91. The molecule has 0 saturated carbocycles. The van der Waals surface area contributed by atoms with Crippen LogP contribution in [0.2, 0.25) is 0 Å². The van der Waals surface area contributed by atoms with Crippen LogP contribution in [-0.2, 0) is 16.6 Å². The van der Waals surface area contributed by atoms with Gasteiger partial charge in [0.15, 0.2) is 11.6 Å². The maximum Gasteiger partial charge on any atom is 0.270 e. The Morgan fingerprint density at radius 1 is 1.26 bits per heavy atom. The largest absolute Gasteiger partial charge is 0.374 e. The summed E-state index contributed by atoms with van der Waals surface area (Å²) < 4.78 is 51.0. The van der Waals surface area contributed by atoms with E-state index in [1.165, 1.54) is 6.07 Å². The zero-order valence-corrected chi connectivity index (χ0v) is 10.9. The van der Waals surface area contributed by atoms with Crippen molar-refractivity contribution in [3.05, 3.63) is 35.4 Å². The Kier molecular flexibility index (Phi) is 3.73. The number of nitrogens with zero attached hydrogens (tertiary/aromatic N) is 2. The van der Waals surface area contributed by atoms with Crippen LogP contribution in [-0.4, -0.2) is 18.6 Å². The van der Waals surface area contributed by atoms with Crippen LogP contribution < -0.4 is 10.5 Å². The fraction of sp³-hybridized carbons (Fsp3) is 0.111. The second kappa shape index (κ2) is 5.15. The molecular weight excluding hydrogens is 298 g/mol. The van der Waals surface area contributed by atoms with Gasteiger partial charge in [0, 0.05) is 6.54 Å². The van der Waals surface area contributed by atoms with Crippen molar-refractivity contribution in [2.45, 2.75) is 10.9 Å². The van der Waals surface area contributed by atoms with Gasteiger partial charge in [0.1, 0.15) is 0 Å². The molecule has 0 radical (unpaired) electrons. The monoisotopic (exact) mass is 306 g/mol. The topological polar surface area (TPSA) is 98.0 Å². The van der Waals surface area contributed by atoms with Crippen molar-refractivity contribution in [1.82, 2.24) is 14.9 Å². The molecule has 0 saturated heterocycles. The van der Waals surface area contributed by atoms with E-state index < -0.39 is 21.7 Å². The maximum absolute atomic E-state index is 12.9. The lowest BCUT2D eigenvalue weighted by atomic mass is 10.2. The van der Waals surface area contributed by atoms with Gasteiger partial charge in [-0.3, -0.25) is 0 Å². The Hall–Kier alpha value is -1.65. The number of halogens is 2. The van der Waals surface area contributed by atoms with Crippen LogP contribution in [0.4, 0.5) is 13.9 Å². The normalized spacial score (nSPS) is 11.7. The first-order valence-corrected chi connectivity index (χ1v) is 7.21. The van der Waals surface area contributed by atoms with Crippen molar-refractivity contribution in [3.8, 4) is 0 Å². The molecule has 0 aliphatic carbocycles. The van der Waals surface area contributed by atoms with Crippen LogP contribution in [0.25, 0.3) is 0 Å². The summed E-state index contributed by atoms with van der Waals surface area (Å²) in [7, 11) is -3.86. The average Bonchev–Trinajstić information content (AvgIpc) is 2.78. The molecule has 19 heavy (non-hydrogen) atoms. The summed E-state index contributed by atoms with van der Waals surface area (Å²) in [6, 6.07) is 3.10. The highest BCUT2D eigenvalue weighted by Crippen LogP contribution is 2.17. The highest BCUT2D eigenvalue weighted by Gasteiger charge is 2.19. The van der Waals surface area contributed by atoms with Crippen LogP contribution in [0.15, 0.2) is 22.5 Å². The smallest absolute Gasteiger partial charge is 0.270 e. The van der Waals surface area contributed by atoms with Crippen LogP contribution >= 0.6 is 11.3 Å². The molecule has 0 unspecified atom stereocenters. The van der Waals surface area contributed by atoms with Crippen LogP contribution in [0.1, 0.15) is 5.56 Å². The maximum atomic E-state index is 12.9. The lowest BCUT2D eigenvalue weighted by molar-refractivity contribution is 0.506. The zero-order chi connectivity index (χ0) is 14.0. The van der Waals surface area contributed by atoms with Gasteiger partial charge >= 0.3 is 0 Å². The van der Waals surface area contributed by atoms with E-state index in [9.17, 15) is 17.2 Å². The Balaban J connectivity index is 2.11. The highest BCUT2D eigenvalue weighted by atomic mass is 32.2. The molecule has 2 rings (SSSR count). The van der Waals surface area contributed by atoms with E-state index in [2.05, 4.69) is 14.9 Å². The van der Waals surface area contributed by atoms with E-state index in [-0.39, 0.29) is 21.6 Å². The standard InChI is InChI=1S/C9H8F2N4O2S2/c10-6-2-1-5(3-7(6)11)4-13-19(16,17)9-15-14-8(12)18-9/h1-3,13H,4H2,(H2,12,14). The number of hydrogen-bond acceptors (Lipinski definition) is 6. The molecule has 0 spiro atoms. The quantitative estimate of drug-likeness (QED) is 0.873. The van der Waals surface area contributed by atoms with Gasteiger partial charge in [-0.05, 0) is 17.7 Å². The molecule has 3 N–H and O–H groups in total. The molecule has 0 aliphatic rings. The lowest BCUT2D eigenvalue weighted by Gasteiger charge is -2.04. The summed E-state index contributed by atoms with van der Waals surface area (Å²) in [6.07, 6.45) is 0. The molecule has 0 atom stereocenters. The van der Waals surface area contributed by atoms with Gasteiger partial charge < -0.3 is 5.73 Å². The number of nitrogen functional groups attached to an aromatic ring is 1. The predicted molar refractivity (Wildman–Crippen MR) is 64.7 cm³/mol. The number of benzene rings is 1. The third-order valence-corrected chi connectivity index (χ3v) is 4.62. The number of anilines is 1. The van der Waals surface area contributed by atoms with E-state index in [0.717, 1.165) is 12.1 Å². The number of nitrogens with one attached hydrogen (secondary N) is 1. The van der Waals surface area contributed by atoms with Crippen LogP contribution in [0, 0.1) is 11.6 Å². The average molecular weight is 306 g/mol. The summed E-state index contributed by atoms with van der Waals surface area (Å²) >= 11 is 0.706. The summed E-state index contributed by atoms with van der Waals surface area (Å²) in [5.74, 6) is -2.04. The van der Waals surface area contributed by atoms with Gasteiger partial charge in [-0.25, -0.2) is 21.9 Å². The molecule has 1 aromatic carbocycles. The van der Waals surface area contributed by atoms with E-state index in [1.807, 2.05) is 0 Å². The molecule has 0 aliphatic heterocycles. The molecule has 1 heterocycles. The number of hydrogen-bond donors (Lipinski definition) is 2. The van der Waals surface area contributed by atoms with E-state index in [1.54, 1.807) is 0 Å². The van der Waals surface area contributed by atoms with E-state index in [0.29, 0.717) is 11.3 Å². The molecule has 10 heteroatoms. The summed E-state index contributed by atoms with van der Waals surface area (Å²) in [6.45, 7) is -0.195. The molecule has 1 aromatic heterocycles. The minimum absolute atomic E-state index is 0.0215. The van der Waals surface area contributed by atoms with Gasteiger partial charge in [0.2, 0.25) is 9.47 Å². The first kappa shape index (κ1) is 13.8. The molecule has 0 fully saturated rings. The molecule has 6 nitrogen and oxygen atoms in total. The van der Waals surface area contributed by atoms with Gasteiger partial charge in [-0.2, -0.15) is 0 Å². The van der Waals surface area contributed by atoms with Gasteiger partial charge in [0.25, 0.3) is 10.0 Å². The molecule has 2 aromatic rings. The Morgan fingerprint density at radius 3 is 2.58 bits per heavy atom. The van der Waals surface area contributed by atoms with Crippen LogP contribution in [0.3, 0.4) is 0 Å². The van der Waals surface area contributed by atoms with Crippen molar-refractivity contribution in [3.63, 3.8) is 0 Å². The first-order valence-electron chi connectivity index (χ1n) is 4.91. The minimum atomic E-state index is -3.86. The summed E-state index contributed by atoms with van der Waals surface area (Å²) in [5.41, 5.74) is 5.56. The molecule has 0 bridgehead atoms. The number of rotatable bonds is 4. The Bertz CT molecular complexity index is 702. The first-order chi connectivity index (χ1) is 8.88. The second-order valence-corrected chi connectivity index (χ2v) is 6.43. The third kappa shape index (κ3) is 3.22. The molecule has 102 valence electrons. The SMILES string of the molecule is Nc1nnc(S(=O)(=O)NCc2ccc(F)c(F)c2)s1. The fourth-order valence-corrected chi connectivity index (χ4v) is 3.06. The molecular formula is C9H8F2N4O2S2. The number of nitrogens with two attached hydrogens (primary N) is 1. The van der Waals surface area contributed by atoms with Gasteiger partial charge in [-0.1, -0.05) is 17.4 Å². The third-order valence-electron chi connectivity index (χ3n) is 2.10.